The molecular formula is C17H16F2N2O2. The number of oxazole rings is 1. The number of halogens is 2. The van der Waals surface area contributed by atoms with Crippen LogP contribution in [0.5, 0.6) is 0 Å². The number of aromatic amines is 1. The van der Waals surface area contributed by atoms with E-state index in [4.69, 9.17) is 4.42 Å². The fourth-order valence-electron chi connectivity index (χ4n) is 2.58. The van der Waals surface area contributed by atoms with Gasteiger partial charge in [-0.25, -0.2) is 13.8 Å². The molecule has 0 unspecified atom stereocenters. The highest BCUT2D eigenvalue weighted by atomic mass is 19.3. The number of aryl methyl sites for hydroxylation is 3. The number of alkyl halides is 2. The lowest BCUT2D eigenvalue weighted by atomic mass is 10.0. The van der Waals surface area contributed by atoms with Crippen molar-refractivity contribution in [1.82, 2.24) is 9.97 Å². The number of benzene rings is 1. The zero-order valence-corrected chi connectivity index (χ0v) is 12.8. The zero-order chi connectivity index (χ0) is 16.6. The Bertz CT molecular complexity index is 874. The van der Waals surface area contributed by atoms with Crippen LogP contribution in [-0.4, -0.2) is 9.97 Å². The van der Waals surface area contributed by atoms with E-state index >= 15 is 0 Å². The first-order valence-corrected chi connectivity index (χ1v) is 7.30. The highest BCUT2D eigenvalue weighted by Gasteiger charge is 2.27. The number of pyridine rings is 1. The number of nitrogens with zero attached hydrogens (tertiary/aromatic N) is 1. The maximum absolute atomic E-state index is 13.6. The molecule has 0 aliphatic carbocycles. The number of para-hydroxylation sites is 2. The molecule has 0 fully saturated rings. The Morgan fingerprint density at radius 2 is 2.00 bits per heavy atom. The van der Waals surface area contributed by atoms with Crippen LogP contribution in [0.15, 0.2) is 39.5 Å². The van der Waals surface area contributed by atoms with Crippen LogP contribution in [0.3, 0.4) is 0 Å². The van der Waals surface area contributed by atoms with Gasteiger partial charge in [-0.05, 0) is 31.5 Å². The van der Waals surface area contributed by atoms with Crippen molar-refractivity contribution in [3.05, 3.63) is 63.4 Å². The minimum absolute atomic E-state index is 0.162. The van der Waals surface area contributed by atoms with Crippen molar-refractivity contribution in [3.8, 4) is 0 Å². The van der Waals surface area contributed by atoms with Gasteiger partial charge in [0.05, 0.1) is 0 Å². The summed E-state index contributed by atoms with van der Waals surface area (Å²) >= 11 is 0. The van der Waals surface area contributed by atoms with E-state index in [-0.39, 0.29) is 23.2 Å². The first-order chi connectivity index (χ1) is 10.8. The molecule has 0 radical (unpaired) electrons. The molecule has 0 spiro atoms. The Kier molecular flexibility index (Phi) is 3.75. The molecule has 0 aliphatic rings. The molecule has 0 bridgehead atoms. The molecule has 0 saturated carbocycles. The smallest absolute Gasteiger partial charge is 0.272 e. The van der Waals surface area contributed by atoms with Crippen molar-refractivity contribution in [2.24, 2.45) is 0 Å². The average molecular weight is 318 g/mol. The molecule has 0 aliphatic heterocycles. The molecule has 4 nitrogen and oxygen atoms in total. The van der Waals surface area contributed by atoms with Crippen molar-refractivity contribution in [1.29, 1.82) is 0 Å². The summed E-state index contributed by atoms with van der Waals surface area (Å²) in [6, 6.07) is 8.61. The standard InChI is InChI=1S/C17H16F2N2O2/c1-10-12(17(2,18)19)9-11(16(22)20-10)7-8-15-21-13-5-3-4-6-14(13)23-15/h3-6,9H,7-8H2,1-2H3,(H,20,22). The fraction of sp³-hybridized carbons (Fsp3) is 0.294. The van der Waals surface area contributed by atoms with Gasteiger partial charge in [-0.2, -0.15) is 0 Å². The van der Waals surface area contributed by atoms with E-state index < -0.39 is 5.92 Å². The predicted octanol–water partition coefficient (Wildman–Crippen LogP) is 3.72. The Labute approximate surface area is 131 Å². The number of H-pyrrole nitrogens is 1. The monoisotopic (exact) mass is 318 g/mol. The Morgan fingerprint density at radius 1 is 1.26 bits per heavy atom. The molecule has 1 N–H and O–H groups in total. The van der Waals surface area contributed by atoms with Crippen molar-refractivity contribution in [2.45, 2.75) is 32.6 Å². The number of fused-ring (bicyclic) bond motifs is 1. The molecule has 0 amide bonds. The van der Waals surface area contributed by atoms with Crippen LogP contribution in [0.4, 0.5) is 8.78 Å². The summed E-state index contributed by atoms with van der Waals surface area (Å²) in [5, 5.41) is 0. The first-order valence-electron chi connectivity index (χ1n) is 7.30. The van der Waals surface area contributed by atoms with Crippen LogP contribution in [0.2, 0.25) is 0 Å². The lowest BCUT2D eigenvalue weighted by molar-refractivity contribution is 0.0163. The maximum Gasteiger partial charge on any atom is 0.272 e. The van der Waals surface area contributed by atoms with E-state index in [0.29, 0.717) is 23.5 Å². The second kappa shape index (κ2) is 5.61. The van der Waals surface area contributed by atoms with Gasteiger partial charge in [0.25, 0.3) is 11.5 Å². The molecule has 0 atom stereocenters. The zero-order valence-electron chi connectivity index (χ0n) is 12.8. The third kappa shape index (κ3) is 3.16. The van der Waals surface area contributed by atoms with Gasteiger partial charge in [0, 0.05) is 30.2 Å². The number of hydrogen-bond donors (Lipinski definition) is 1. The number of hydrogen-bond acceptors (Lipinski definition) is 3. The normalized spacial score (nSPS) is 12.0. The third-order valence-electron chi connectivity index (χ3n) is 3.73. The number of aromatic nitrogens is 2. The SMILES string of the molecule is Cc1[nH]c(=O)c(CCc2nc3ccccc3o2)cc1C(C)(F)F. The van der Waals surface area contributed by atoms with Crippen LogP contribution in [0, 0.1) is 6.92 Å². The van der Waals surface area contributed by atoms with Crippen LogP contribution in [0.1, 0.15) is 29.6 Å². The van der Waals surface area contributed by atoms with Crippen molar-refractivity contribution in [2.75, 3.05) is 0 Å². The molecule has 6 heteroatoms. The third-order valence-corrected chi connectivity index (χ3v) is 3.73. The minimum atomic E-state index is -3.00. The Balaban J connectivity index is 1.86. The van der Waals surface area contributed by atoms with Crippen LogP contribution in [-0.2, 0) is 18.8 Å². The molecule has 2 heterocycles. The lowest BCUT2D eigenvalue weighted by Crippen LogP contribution is -2.20. The van der Waals surface area contributed by atoms with Gasteiger partial charge in [0.15, 0.2) is 11.5 Å². The molecule has 3 rings (SSSR count). The highest BCUT2D eigenvalue weighted by Crippen LogP contribution is 2.28. The quantitative estimate of drug-likeness (QED) is 0.797. The maximum atomic E-state index is 13.6. The van der Waals surface area contributed by atoms with Crippen molar-refractivity contribution < 1.29 is 13.2 Å². The van der Waals surface area contributed by atoms with Crippen molar-refractivity contribution in [3.63, 3.8) is 0 Å². The highest BCUT2D eigenvalue weighted by molar-refractivity contribution is 5.72. The average Bonchev–Trinajstić information content (AvgIpc) is 2.87. The number of nitrogens with one attached hydrogen (secondary N) is 1. The lowest BCUT2D eigenvalue weighted by Gasteiger charge is -2.14. The van der Waals surface area contributed by atoms with Crippen LogP contribution < -0.4 is 5.56 Å². The molecule has 1 aromatic carbocycles. The summed E-state index contributed by atoms with van der Waals surface area (Å²) < 4.78 is 32.7. The summed E-state index contributed by atoms with van der Waals surface area (Å²) in [7, 11) is 0. The summed E-state index contributed by atoms with van der Waals surface area (Å²) in [6.07, 6.45) is 0.654. The first kappa shape index (κ1) is 15.4. The van der Waals surface area contributed by atoms with Crippen LogP contribution >= 0.6 is 0 Å². The summed E-state index contributed by atoms with van der Waals surface area (Å²) in [6.45, 7) is 2.29. The van der Waals surface area contributed by atoms with Gasteiger partial charge in [-0.3, -0.25) is 4.79 Å². The van der Waals surface area contributed by atoms with E-state index in [1.807, 2.05) is 18.2 Å². The van der Waals surface area contributed by atoms with Gasteiger partial charge in [-0.1, -0.05) is 12.1 Å². The van der Waals surface area contributed by atoms with Gasteiger partial charge in [-0.15, -0.1) is 0 Å². The van der Waals surface area contributed by atoms with E-state index in [0.717, 1.165) is 12.4 Å². The fourth-order valence-corrected chi connectivity index (χ4v) is 2.58. The second-order valence-electron chi connectivity index (χ2n) is 5.63. The Morgan fingerprint density at radius 3 is 2.70 bits per heavy atom. The van der Waals surface area contributed by atoms with Gasteiger partial charge in [0.1, 0.15) is 5.52 Å². The summed E-state index contributed by atoms with van der Waals surface area (Å²) in [5.41, 5.74) is 1.38. The van der Waals surface area contributed by atoms with E-state index in [9.17, 15) is 13.6 Å². The molecule has 3 aromatic rings. The second-order valence-corrected chi connectivity index (χ2v) is 5.63. The molecule has 2 aromatic heterocycles. The van der Waals surface area contributed by atoms with Gasteiger partial charge < -0.3 is 9.40 Å². The summed E-state index contributed by atoms with van der Waals surface area (Å²) in [5.74, 6) is -2.52. The molecule has 23 heavy (non-hydrogen) atoms. The van der Waals surface area contributed by atoms with Crippen LogP contribution in [0.25, 0.3) is 11.1 Å². The topological polar surface area (TPSA) is 58.9 Å². The minimum Gasteiger partial charge on any atom is -0.441 e. The van der Waals surface area contributed by atoms with Gasteiger partial charge in [0.2, 0.25) is 0 Å². The number of rotatable bonds is 4. The predicted molar refractivity (Wildman–Crippen MR) is 82.8 cm³/mol. The van der Waals surface area contributed by atoms with Gasteiger partial charge >= 0.3 is 0 Å². The van der Waals surface area contributed by atoms with E-state index in [2.05, 4.69) is 9.97 Å². The molecular weight excluding hydrogens is 302 g/mol. The molecule has 120 valence electrons. The Hall–Kier alpha value is -2.50. The summed E-state index contributed by atoms with van der Waals surface area (Å²) in [4.78, 5) is 18.8. The largest absolute Gasteiger partial charge is 0.441 e. The molecule has 0 saturated heterocycles. The van der Waals surface area contributed by atoms with E-state index in [1.165, 1.54) is 13.0 Å². The van der Waals surface area contributed by atoms with E-state index in [1.54, 1.807) is 6.07 Å². The van der Waals surface area contributed by atoms with Crippen molar-refractivity contribution >= 4 is 11.1 Å².